The topological polar surface area (TPSA) is 12.0 Å². The highest BCUT2D eigenvalue weighted by Crippen LogP contribution is 2.48. The fourth-order valence-electron chi connectivity index (χ4n) is 1.78. The average molecular weight is 161 g/mol. The third kappa shape index (κ3) is 1.26. The van der Waals surface area contributed by atoms with Crippen molar-refractivity contribution in [3.05, 3.63) is 0 Å². The number of alkyl halides is 2. The fourth-order valence-corrected chi connectivity index (χ4v) is 1.78. The molecule has 2 fully saturated rings. The minimum Gasteiger partial charge on any atom is -0.316 e. The highest BCUT2D eigenvalue weighted by atomic mass is 19.3. The van der Waals surface area contributed by atoms with Crippen molar-refractivity contribution in [3.63, 3.8) is 0 Å². The van der Waals surface area contributed by atoms with E-state index in [4.69, 9.17) is 0 Å². The summed E-state index contributed by atoms with van der Waals surface area (Å²) < 4.78 is 26.5. The highest BCUT2D eigenvalue weighted by molar-refractivity contribution is 4.94. The zero-order chi connectivity index (χ0) is 7.90. The van der Waals surface area contributed by atoms with Crippen LogP contribution < -0.4 is 5.32 Å². The molecule has 2 rings (SSSR count). The first-order valence-electron chi connectivity index (χ1n) is 4.30. The van der Waals surface area contributed by atoms with Gasteiger partial charge in [0.15, 0.2) is 0 Å². The molecule has 1 aliphatic heterocycles. The lowest BCUT2D eigenvalue weighted by atomic mass is 9.97. The van der Waals surface area contributed by atoms with Gasteiger partial charge in [0.05, 0.1) is 0 Å². The van der Waals surface area contributed by atoms with E-state index in [2.05, 4.69) is 5.32 Å². The summed E-state index contributed by atoms with van der Waals surface area (Å²) in [5.41, 5.74) is 0. The summed E-state index contributed by atoms with van der Waals surface area (Å²) in [6.07, 6.45) is 2.14. The summed E-state index contributed by atoms with van der Waals surface area (Å²) in [5, 5.41) is 2.98. The Hall–Kier alpha value is -0.180. The number of halogens is 2. The Morgan fingerprint density at radius 2 is 1.82 bits per heavy atom. The van der Waals surface area contributed by atoms with Crippen molar-refractivity contribution in [1.29, 1.82) is 0 Å². The number of hydrogen-bond donors (Lipinski definition) is 1. The Balaban J connectivity index is 1.99. The van der Waals surface area contributed by atoms with Crippen LogP contribution in [0, 0.1) is 11.8 Å². The SMILES string of the molecule is FC(F)(C1CC1)C1CCNC1. The molecule has 1 saturated heterocycles. The average Bonchev–Trinajstić information content (AvgIpc) is 2.66. The van der Waals surface area contributed by atoms with Crippen molar-refractivity contribution in [2.45, 2.75) is 25.2 Å². The van der Waals surface area contributed by atoms with Gasteiger partial charge in [-0.05, 0) is 25.8 Å². The molecule has 64 valence electrons. The third-order valence-corrected chi connectivity index (χ3v) is 2.73. The van der Waals surface area contributed by atoms with Crippen LogP contribution in [-0.4, -0.2) is 19.0 Å². The number of nitrogens with one attached hydrogen (secondary N) is 1. The molecular weight excluding hydrogens is 148 g/mol. The van der Waals surface area contributed by atoms with Crippen LogP contribution in [-0.2, 0) is 0 Å². The van der Waals surface area contributed by atoms with Crippen LogP contribution in [0.2, 0.25) is 0 Å². The monoisotopic (exact) mass is 161 g/mol. The maximum absolute atomic E-state index is 13.3. The summed E-state index contributed by atoms with van der Waals surface area (Å²) in [7, 11) is 0. The van der Waals surface area contributed by atoms with E-state index in [-0.39, 0.29) is 11.8 Å². The molecular formula is C8H13F2N. The third-order valence-electron chi connectivity index (χ3n) is 2.73. The standard InChI is InChI=1S/C8H13F2N/c9-8(10,6-1-2-6)7-3-4-11-5-7/h6-7,11H,1-5H2. The van der Waals surface area contributed by atoms with E-state index in [1.165, 1.54) is 0 Å². The Morgan fingerprint density at radius 1 is 1.09 bits per heavy atom. The smallest absolute Gasteiger partial charge is 0.254 e. The van der Waals surface area contributed by atoms with Crippen molar-refractivity contribution < 1.29 is 8.78 Å². The van der Waals surface area contributed by atoms with Gasteiger partial charge in [0.2, 0.25) is 0 Å². The normalized spacial score (nSPS) is 32.7. The fraction of sp³-hybridized carbons (Fsp3) is 1.00. The summed E-state index contributed by atoms with van der Waals surface area (Å²) in [6, 6.07) is 0. The van der Waals surface area contributed by atoms with E-state index in [0.29, 0.717) is 13.0 Å². The quantitative estimate of drug-likeness (QED) is 0.649. The molecule has 0 amide bonds. The van der Waals surface area contributed by atoms with Crippen molar-refractivity contribution in [1.82, 2.24) is 5.32 Å². The molecule has 0 spiro atoms. The molecule has 0 aromatic rings. The van der Waals surface area contributed by atoms with Crippen molar-refractivity contribution in [2.75, 3.05) is 13.1 Å². The van der Waals surface area contributed by atoms with E-state index in [9.17, 15) is 8.78 Å². The highest BCUT2D eigenvalue weighted by Gasteiger charge is 2.52. The first kappa shape index (κ1) is 7.47. The maximum Gasteiger partial charge on any atom is 0.254 e. The van der Waals surface area contributed by atoms with Crippen molar-refractivity contribution >= 4 is 0 Å². The summed E-state index contributed by atoms with van der Waals surface area (Å²) in [5.74, 6) is -3.04. The second kappa shape index (κ2) is 2.41. The van der Waals surface area contributed by atoms with Gasteiger partial charge in [0, 0.05) is 18.4 Å². The van der Waals surface area contributed by atoms with Gasteiger partial charge < -0.3 is 5.32 Å². The van der Waals surface area contributed by atoms with Gasteiger partial charge >= 0.3 is 0 Å². The Kier molecular flexibility index (Phi) is 1.63. The van der Waals surface area contributed by atoms with Gasteiger partial charge in [-0.3, -0.25) is 0 Å². The van der Waals surface area contributed by atoms with Crippen LogP contribution in [0.3, 0.4) is 0 Å². The van der Waals surface area contributed by atoms with Gasteiger partial charge in [-0.25, -0.2) is 8.78 Å². The largest absolute Gasteiger partial charge is 0.316 e. The first-order chi connectivity index (χ1) is 5.21. The summed E-state index contributed by atoms with van der Waals surface area (Å²) >= 11 is 0. The molecule has 1 saturated carbocycles. The van der Waals surface area contributed by atoms with Gasteiger partial charge in [-0.1, -0.05) is 0 Å². The zero-order valence-corrected chi connectivity index (χ0v) is 6.45. The van der Waals surface area contributed by atoms with Crippen LogP contribution in [0.25, 0.3) is 0 Å². The van der Waals surface area contributed by atoms with E-state index in [1.54, 1.807) is 0 Å². The van der Waals surface area contributed by atoms with Gasteiger partial charge in [-0.15, -0.1) is 0 Å². The van der Waals surface area contributed by atoms with Crippen LogP contribution in [0.15, 0.2) is 0 Å². The molecule has 1 aliphatic carbocycles. The predicted octanol–water partition coefficient (Wildman–Crippen LogP) is 1.64. The van der Waals surface area contributed by atoms with E-state index in [0.717, 1.165) is 19.4 Å². The molecule has 1 atom stereocenters. The lowest BCUT2D eigenvalue weighted by molar-refractivity contribution is -0.0714. The molecule has 2 aliphatic rings. The van der Waals surface area contributed by atoms with Crippen LogP contribution in [0.4, 0.5) is 8.78 Å². The van der Waals surface area contributed by atoms with Gasteiger partial charge in [0.1, 0.15) is 0 Å². The molecule has 0 aromatic carbocycles. The van der Waals surface area contributed by atoms with Crippen LogP contribution >= 0.6 is 0 Å². The second-order valence-electron chi connectivity index (χ2n) is 3.64. The first-order valence-corrected chi connectivity index (χ1v) is 4.30. The molecule has 1 nitrogen and oxygen atoms in total. The minimum atomic E-state index is -2.37. The Bertz CT molecular complexity index is 148. The van der Waals surface area contributed by atoms with Gasteiger partial charge in [0.25, 0.3) is 5.92 Å². The Morgan fingerprint density at radius 3 is 2.27 bits per heavy atom. The lowest BCUT2D eigenvalue weighted by Crippen LogP contribution is -2.32. The molecule has 0 bridgehead atoms. The molecule has 1 heterocycles. The van der Waals surface area contributed by atoms with E-state index in [1.807, 2.05) is 0 Å². The molecule has 11 heavy (non-hydrogen) atoms. The molecule has 0 radical (unpaired) electrons. The number of hydrogen-bond acceptors (Lipinski definition) is 1. The van der Waals surface area contributed by atoms with Crippen molar-refractivity contribution in [2.24, 2.45) is 11.8 Å². The maximum atomic E-state index is 13.3. The second-order valence-corrected chi connectivity index (χ2v) is 3.64. The predicted molar refractivity (Wildman–Crippen MR) is 38.6 cm³/mol. The lowest BCUT2D eigenvalue weighted by Gasteiger charge is -2.21. The van der Waals surface area contributed by atoms with Crippen molar-refractivity contribution in [3.8, 4) is 0 Å². The van der Waals surface area contributed by atoms with Crippen LogP contribution in [0.5, 0.6) is 0 Å². The molecule has 1 N–H and O–H groups in total. The summed E-state index contributed by atoms with van der Waals surface area (Å²) in [4.78, 5) is 0. The minimum absolute atomic E-state index is 0.285. The molecule has 1 unspecified atom stereocenters. The zero-order valence-electron chi connectivity index (χ0n) is 6.45. The number of rotatable bonds is 2. The van der Waals surface area contributed by atoms with E-state index >= 15 is 0 Å². The van der Waals surface area contributed by atoms with Gasteiger partial charge in [-0.2, -0.15) is 0 Å². The molecule has 3 heteroatoms. The summed E-state index contributed by atoms with van der Waals surface area (Å²) in [6.45, 7) is 1.29. The molecule has 0 aromatic heterocycles. The van der Waals surface area contributed by atoms with E-state index < -0.39 is 5.92 Å². The Labute approximate surface area is 65.2 Å². The van der Waals surface area contributed by atoms with Crippen LogP contribution in [0.1, 0.15) is 19.3 Å².